The average Bonchev–Trinajstić information content (AvgIpc) is 2.68. The third-order valence-electron chi connectivity index (χ3n) is 2.28. The Morgan fingerprint density at radius 2 is 2.06 bits per heavy atom. The fourth-order valence-corrected chi connectivity index (χ4v) is 1.40. The molecule has 0 spiro atoms. The largest absolute Gasteiger partial charge is 0.469 e. The molecule has 0 radical (unpaired) electrons. The molecular formula is C12H9F2NO2. The summed E-state index contributed by atoms with van der Waals surface area (Å²) in [6.07, 6.45) is 1.37. The van der Waals surface area contributed by atoms with E-state index in [2.05, 4.69) is 5.32 Å². The zero-order chi connectivity index (χ0) is 12.4. The molecule has 5 heteroatoms. The standard InChI is InChI=1S/C12H9F2NO2/c1-7-9(4-5-17-7)12(16)15-11-3-2-8(13)6-10(11)14/h2-6H,1H3,(H,15,16). The molecule has 2 aromatic rings. The number of aryl methyl sites for hydroxylation is 1. The van der Waals surface area contributed by atoms with Gasteiger partial charge in [0.05, 0.1) is 17.5 Å². The van der Waals surface area contributed by atoms with E-state index >= 15 is 0 Å². The third-order valence-corrected chi connectivity index (χ3v) is 2.28. The van der Waals surface area contributed by atoms with Gasteiger partial charge >= 0.3 is 0 Å². The summed E-state index contributed by atoms with van der Waals surface area (Å²) < 4.78 is 30.9. The normalized spacial score (nSPS) is 10.3. The number of rotatable bonds is 2. The van der Waals surface area contributed by atoms with E-state index in [0.717, 1.165) is 12.1 Å². The number of benzene rings is 1. The lowest BCUT2D eigenvalue weighted by Crippen LogP contribution is -2.13. The van der Waals surface area contributed by atoms with Crippen LogP contribution in [0.1, 0.15) is 16.1 Å². The third kappa shape index (κ3) is 2.33. The van der Waals surface area contributed by atoms with Crippen LogP contribution in [0.25, 0.3) is 0 Å². The van der Waals surface area contributed by atoms with E-state index in [0.29, 0.717) is 17.4 Å². The Morgan fingerprint density at radius 3 is 2.65 bits per heavy atom. The zero-order valence-corrected chi connectivity index (χ0v) is 8.96. The van der Waals surface area contributed by atoms with Crippen LogP contribution in [0.3, 0.4) is 0 Å². The predicted molar refractivity (Wildman–Crippen MR) is 57.8 cm³/mol. The van der Waals surface area contributed by atoms with Crippen LogP contribution in [0.5, 0.6) is 0 Å². The van der Waals surface area contributed by atoms with Crippen molar-refractivity contribution in [1.82, 2.24) is 0 Å². The highest BCUT2D eigenvalue weighted by Gasteiger charge is 2.13. The number of amides is 1. The SMILES string of the molecule is Cc1occc1C(=O)Nc1ccc(F)cc1F. The maximum Gasteiger partial charge on any atom is 0.259 e. The number of nitrogens with one attached hydrogen (secondary N) is 1. The molecule has 1 heterocycles. The predicted octanol–water partition coefficient (Wildman–Crippen LogP) is 3.12. The Bertz CT molecular complexity index is 563. The molecule has 2 rings (SSSR count). The lowest BCUT2D eigenvalue weighted by Gasteiger charge is -2.05. The van der Waals surface area contributed by atoms with Crippen molar-refractivity contribution in [1.29, 1.82) is 0 Å². The first-order chi connectivity index (χ1) is 8.08. The quantitative estimate of drug-likeness (QED) is 0.871. The first-order valence-corrected chi connectivity index (χ1v) is 4.88. The molecule has 0 bridgehead atoms. The van der Waals surface area contributed by atoms with Gasteiger partial charge in [-0.1, -0.05) is 0 Å². The summed E-state index contributed by atoms with van der Waals surface area (Å²) in [5.41, 5.74) is 0.241. The monoisotopic (exact) mass is 237 g/mol. The van der Waals surface area contributed by atoms with E-state index in [-0.39, 0.29) is 5.69 Å². The first-order valence-electron chi connectivity index (χ1n) is 4.88. The summed E-state index contributed by atoms with van der Waals surface area (Å²) in [5, 5.41) is 2.34. The number of anilines is 1. The highest BCUT2D eigenvalue weighted by Crippen LogP contribution is 2.17. The van der Waals surface area contributed by atoms with Crippen LogP contribution in [0.15, 0.2) is 34.9 Å². The molecule has 88 valence electrons. The highest BCUT2D eigenvalue weighted by molar-refractivity contribution is 6.04. The van der Waals surface area contributed by atoms with Gasteiger partial charge in [-0.25, -0.2) is 8.78 Å². The molecule has 1 aromatic carbocycles. The van der Waals surface area contributed by atoms with Crippen molar-refractivity contribution in [2.24, 2.45) is 0 Å². The van der Waals surface area contributed by atoms with E-state index in [4.69, 9.17) is 4.42 Å². The summed E-state index contributed by atoms with van der Waals surface area (Å²) in [5.74, 6) is -1.58. The fraction of sp³-hybridized carbons (Fsp3) is 0.0833. The Kier molecular flexibility index (Phi) is 2.91. The van der Waals surface area contributed by atoms with Crippen LogP contribution < -0.4 is 5.32 Å². The molecule has 3 nitrogen and oxygen atoms in total. The van der Waals surface area contributed by atoms with Crippen LogP contribution in [-0.2, 0) is 0 Å². The molecule has 1 N–H and O–H groups in total. The minimum atomic E-state index is -0.820. The Hall–Kier alpha value is -2.17. The average molecular weight is 237 g/mol. The smallest absolute Gasteiger partial charge is 0.259 e. The van der Waals surface area contributed by atoms with Gasteiger partial charge in [0.25, 0.3) is 5.91 Å². The lowest BCUT2D eigenvalue weighted by atomic mass is 10.2. The van der Waals surface area contributed by atoms with E-state index in [9.17, 15) is 13.6 Å². The van der Waals surface area contributed by atoms with Crippen LogP contribution in [0, 0.1) is 18.6 Å². The summed E-state index contributed by atoms with van der Waals surface area (Å²) in [7, 11) is 0. The highest BCUT2D eigenvalue weighted by atomic mass is 19.1. The van der Waals surface area contributed by atoms with Crippen molar-refractivity contribution in [2.45, 2.75) is 6.92 Å². The van der Waals surface area contributed by atoms with Crippen molar-refractivity contribution in [3.8, 4) is 0 Å². The second kappa shape index (κ2) is 4.37. The molecule has 1 amide bonds. The maximum absolute atomic E-state index is 13.3. The molecular weight excluding hydrogens is 228 g/mol. The van der Waals surface area contributed by atoms with Gasteiger partial charge in [-0.15, -0.1) is 0 Å². The molecule has 0 aliphatic rings. The summed E-state index contributed by atoms with van der Waals surface area (Å²) in [4.78, 5) is 11.7. The molecule has 0 aliphatic heterocycles. The molecule has 0 fully saturated rings. The Morgan fingerprint density at radius 1 is 1.29 bits per heavy atom. The van der Waals surface area contributed by atoms with Crippen molar-refractivity contribution >= 4 is 11.6 Å². The molecule has 1 aromatic heterocycles. The van der Waals surface area contributed by atoms with Gasteiger partial charge < -0.3 is 9.73 Å². The van der Waals surface area contributed by atoms with E-state index in [1.165, 1.54) is 12.3 Å². The van der Waals surface area contributed by atoms with Gasteiger partial charge in [0, 0.05) is 6.07 Å². The van der Waals surface area contributed by atoms with Crippen LogP contribution in [0.2, 0.25) is 0 Å². The van der Waals surface area contributed by atoms with Gasteiger partial charge in [-0.05, 0) is 25.1 Å². The molecule has 0 atom stereocenters. The lowest BCUT2D eigenvalue weighted by molar-refractivity contribution is 0.102. The van der Waals surface area contributed by atoms with Crippen LogP contribution in [0.4, 0.5) is 14.5 Å². The number of carbonyl (C=O) groups is 1. The Balaban J connectivity index is 2.22. The van der Waals surface area contributed by atoms with Crippen molar-refractivity contribution in [3.05, 3.63) is 53.5 Å². The number of hydrogen-bond donors (Lipinski definition) is 1. The number of hydrogen-bond acceptors (Lipinski definition) is 2. The molecule has 0 saturated heterocycles. The van der Waals surface area contributed by atoms with Crippen molar-refractivity contribution in [2.75, 3.05) is 5.32 Å². The minimum Gasteiger partial charge on any atom is -0.469 e. The Labute approximate surface area is 96.1 Å². The minimum absolute atomic E-state index is 0.0722. The maximum atomic E-state index is 13.3. The van der Waals surface area contributed by atoms with E-state index in [1.807, 2.05) is 0 Å². The topological polar surface area (TPSA) is 42.2 Å². The van der Waals surface area contributed by atoms with Gasteiger partial charge in [0.15, 0.2) is 0 Å². The molecule has 0 saturated carbocycles. The summed E-state index contributed by atoms with van der Waals surface area (Å²) >= 11 is 0. The number of furan rings is 1. The van der Waals surface area contributed by atoms with Gasteiger partial charge in [0.2, 0.25) is 0 Å². The van der Waals surface area contributed by atoms with Gasteiger partial charge in [-0.2, -0.15) is 0 Å². The number of carbonyl (C=O) groups excluding carboxylic acids is 1. The fourth-order valence-electron chi connectivity index (χ4n) is 1.40. The van der Waals surface area contributed by atoms with E-state index < -0.39 is 17.5 Å². The van der Waals surface area contributed by atoms with Crippen LogP contribution in [-0.4, -0.2) is 5.91 Å². The van der Waals surface area contributed by atoms with Gasteiger partial charge in [-0.3, -0.25) is 4.79 Å². The van der Waals surface area contributed by atoms with Crippen molar-refractivity contribution < 1.29 is 18.0 Å². The van der Waals surface area contributed by atoms with Gasteiger partial charge in [0.1, 0.15) is 17.4 Å². The van der Waals surface area contributed by atoms with Crippen molar-refractivity contribution in [3.63, 3.8) is 0 Å². The van der Waals surface area contributed by atoms with Crippen LogP contribution >= 0.6 is 0 Å². The molecule has 17 heavy (non-hydrogen) atoms. The molecule has 0 unspecified atom stereocenters. The summed E-state index contributed by atoms with van der Waals surface area (Å²) in [6.45, 7) is 1.62. The molecule has 0 aliphatic carbocycles. The number of halogens is 2. The van der Waals surface area contributed by atoms with E-state index in [1.54, 1.807) is 6.92 Å². The summed E-state index contributed by atoms with van der Waals surface area (Å²) in [6, 6.07) is 4.42. The first kappa shape index (κ1) is 11.3. The second-order valence-electron chi connectivity index (χ2n) is 3.47. The zero-order valence-electron chi connectivity index (χ0n) is 8.96. The second-order valence-corrected chi connectivity index (χ2v) is 3.47.